The molecule has 0 spiro atoms. The van der Waals surface area contributed by atoms with Gasteiger partial charge in [-0.3, -0.25) is 4.79 Å². The Bertz CT molecular complexity index is 517. The number of rotatable bonds is 3. The number of hydrogen-bond donors (Lipinski definition) is 2. The number of aryl methyl sites for hydroxylation is 1. The predicted octanol–water partition coefficient (Wildman–Crippen LogP) is 0.739. The van der Waals surface area contributed by atoms with Crippen molar-refractivity contribution in [1.29, 1.82) is 0 Å². The molecular weight excluding hydrogens is 260 g/mol. The fourth-order valence-electron chi connectivity index (χ4n) is 2.45. The molecule has 1 fully saturated rings. The van der Waals surface area contributed by atoms with E-state index in [1.165, 1.54) is 6.92 Å². The first-order valence-corrected chi connectivity index (χ1v) is 6.67. The third-order valence-electron chi connectivity index (χ3n) is 3.28. The van der Waals surface area contributed by atoms with Crippen LogP contribution in [-0.4, -0.2) is 35.0 Å². The van der Waals surface area contributed by atoms with Crippen LogP contribution in [0.3, 0.4) is 0 Å². The van der Waals surface area contributed by atoms with Crippen LogP contribution in [0.15, 0.2) is 12.3 Å². The van der Waals surface area contributed by atoms with Gasteiger partial charge in [-0.05, 0) is 25.0 Å². The minimum atomic E-state index is -0.00128. The molecule has 0 saturated carbocycles. The maximum atomic E-state index is 11.1. The van der Waals surface area contributed by atoms with E-state index in [4.69, 9.17) is 18.0 Å². The van der Waals surface area contributed by atoms with E-state index >= 15 is 0 Å². The zero-order valence-corrected chi connectivity index (χ0v) is 12.0. The van der Waals surface area contributed by atoms with Crippen molar-refractivity contribution in [3.05, 3.63) is 23.4 Å². The Morgan fingerprint density at radius 1 is 1.63 bits per heavy atom. The van der Waals surface area contributed by atoms with Crippen molar-refractivity contribution in [2.75, 3.05) is 18.0 Å². The van der Waals surface area contributed by atoms with E-state index in [2.05, 4.69) is 15.2 Å². The highest BCUT2D eigenvalue weighted by molar-refractivity contribution is 7.80. The van der Waals surface area contributed by atoms with Gasteiger partial charge in [-0.25, -0.2) is 4.98 Å². The molecule has 1 unspecified atom stereocenters. The van der Waals surface area contributed by atoms with Crippen molar-refractivity contribution in [3.8, 4) is 0 Å². The first-order chi connectivity index (χ1) is 8.99. The van der Waals surface area contributed by atoms with E-state index in [9.17, 15) is 4.79 Å². The van der Waals surface area contributed by atoms with Gasteiger partial charge in [-0.2, -0.15) is 0 Å². The highest BCUT2D eigenvalue weighted by Crippen LogP contribution is 2.24. The molecule has 0 aliphatic carbocycles. The molecule has 1 atom stereocenters. The Labute approximate surface area is 118 Å². The molecule has 1 amide bonds. The predicted molar refractivity (Wildman–Crippen MR) is 79.3 cm³/mol. The van der Waals surface area contributed by atoms with Crippen LogP contribution < -0.4 is 16.0 Å². The standard InChI is InChI=1S/C13H18N4OS/c1-8-3-5-15-13(11(8)12(14)19)17-6-4-10(7-17)16-9(2)18/h3,5,10H,4,6-7H2,1-2H3,(H2,14,19)(H,16,18). The first-order valence-electron chi connectivity index (χ1n) is 6.26. The van der Waals surface area contributed by atoms with Crippen LogP contribution in [0.25, 0.3) is 0 Å². The number of anilines is 1. The van der Waals surface area contributed by atoms with Crippen LogP contribution in [-0.2, 0) is 4.79 Å². The molecule has 2 heterocycles. The number of pyridine rings is 1. The maximum absolute atomic E-state index is 11.1. The fraction of sp³-hybridized carbons (Fsp3) is 0.462. The lowest BCUT2D eigenvalue weighted by Gasteiger charge is -2.21. The van der Waals surface area contributed by atoms with E-state index in [-0.39, 0.29) is 11.9 Å². The van der Waals surface area contributed by atoms with Gasteiger partial charge >= 0.3 is 0 Å². The molecule has 19 heavy (non-hydrogen) atoms. The number of nitrogens with one attached hydrogen (secondary N) is 1. The Morgan fingerprint density at radius 3 is 3.00 bits per heavy atom. The highest BCUT2D eigenvalue weighted by Gasteiger charge is 2.26. The van der Waals surface area contributed by atoms with Gasteiger partial charge in [0, 0.05) is 32.3 Å². The lowest BCUT2D eigenvalue weighted by Crippen LogP contribution is -2.36. The van der Waals surface area contributed by atoms with Gasteiger partial charge in [0.05, 0.1) is 5.56 Å². The van der Waals surface area contributed by atoms with Crippen molar-refractivity contribution in [3.63, 3.8) is 0 Å². The monoisotopic (exact) mass is 278 g/mol. The van der Waals surface area contributed by atoms with Crippen molar-refractivity contribution in [2.45, 2.75) is 26.3 Å². The summed E-state index contributed by atoms with van der Waals surface area (Å²) >= 11 is 5.11. The molecule has 6 heteroatoms. The summed E-state index contributed by atoms with van der Waals surface area (Å²) in [6.07, 6.45) is 2.67. The molecule has 1 aliphatic rings. The fourth-order valence-corrected chi connectivity index (χ4v) is 2.70. The molecule has 2 rings (SSSR count). The van der Waals surface area contributed by atoms with Gasteiger partial charge in [0.25, 0.3) is 0 Å². The molecule has 0 aromatic carbocycles. The Morgan fingerprint density at radius 2 is 2.37 bits per heavy atom. The zero-order chi connectivity index (χ0) is 14.0. The van der Waals surface area contributed by atoms with Crippen LogP contribution in [0, 0.1) is 6.92 Å². The molecule has 1 aromatic rings. The van der Waals surface area contributed by atoms with E-state index in [1.54, 1.807) is 6.20 Å². The van der Waals surface area contributed by atoms with Gasteiger partial charge in [0.15, 0.2) is 0 Å². The number of carbonyl (C=O) groups excluding carboxylic acids is 1. The summed E-state index contributed by atoms with van der Waals surface area (Å²) in [5, 5.41) is 2.93. The number of amides is 1. The van der Waals surface area contributed by atoms with E-state index in [0.29, 0.717) is 4.99 Å². The minimum absolute atomic E-state index is 0.00128. The van der Waals surface area contributed by atoms with Crippen molar-refractivity contribution in [1.82, 2.24) is 10.3 Å². The highest BCUT2D eigenvalue weighted by atomic mass is 32.1. The molecule has 102 valence electrons. The summed E-state index contributed by atoms with van der Waals surface area (Å²) in [5.74, 6) is 0.818. The smallest absolute Gasteiger partial charge is 0.217 e. The number of thiocarbonyl (C=S) groups is 1. The zero-order valence-electron chi connectivity index (χ0n) is 11.1. The number of aromatic nitrogens is 1. The van der Waals surface area contributed by atoms with Crippen molar-refractivity contribution in [2.24, 2.45) is 5.73 Å². The van der Waals surface area contributed by atoms with Crippen LogP contribution >= 0.6 is 12.2 Å². The van der Waals surface area contributed by atoms with E-state index in [0.717, 1.165) is 36.5 Å². The van der Waals surface area contributed by atoms with Crippen LogP contribution in [0.2, 0.25) is 0 Å². The van der Waals surface area contributed by atoms with Crippen LogP contribution in [0.4, 0.5) is 5.82 Å². The summed E-state index contributed by atoms with van der Waals surface area (Å²) in [4.78, 5) is 18.0. The van der Waals surface area contributed by atoms with Crippen molar-refractivity contribution < 1.29 is 4.79 Å². The number of nitrogens with zero attached hydrogens (tertiary/aromatic N) is 2. The Balaban J connectivity index is 2.22. The second-order valence-electron chi connectivity index (χ2n) is 4.82. The minimum Gasteiger partial charge on any atom is -0.389 e. The van der Waals surface area contributed by atoms with E-state index < -0.39 is 0 Å². The molecule has 3 N–H and O–H groups in total. The normalized spacial score (nSPS) is 18.4. The lowest BCUT2D eigenvalue weighted by atomic mass is 10.1. The molecule has 1 aromatic heterocycles. The maximum Gasteiger partial charge on any atom is 0.217 e. The molecule has 0 bridgehead atoms. The quantitative estimate of drug-likeness (QED) is 0.798. The average molecular weight is 278 g/mol. The number of carbonyl (C=O) groups is 1. The SMILES string of the molecule is CC(=O)NC1CCN(c2nccc(C)c2C(N)=S)C1. The Hall–Kier alpha value is -1.69. The van der Waals surface area contributed by atoms with Crippen LogP contribution in [0.5, 0.6) is 0 Å². The lowest BCUT2D eigenvalue weighted by molar-refractivity contribution is -0.119. The molecule has 1 aliphatic heterocycles. The van der Waals surface area contributed by atoms with Gasteiger partial charge < -0.3 is 16.0 Å². The Kier molecular flexibility index (Phi) is 3.99. The molecule has 0 radical (unpaired) electrons. The topological polar surface area (TPSA) is 71.2 Å². The number of hydrogen-bond acceptors (Lipinski definition) is 4. The first kappa shape index (κ1) is 13.7. The second kappa shape index (κ2) is 5.52. The second-order valence-corrected chi connectivity index (χ2v) is 5.26. The van der Waals surface area contributed by atoms with Crippen molar-refractivity contribution >= 4 is 28.9 Å². The average Bonchev–Trinajstić information content (AvgIpc) is 2.75. The van der Waals surface area contributed by atoms with Gasteiger partial charge in [0.2, 0.25) is 5.91 Å². The van der Waals surface area contributed by atoms with Gasteiger partial charge in [-0.1, -0.05) is 12.2 Å². The third kappa shape index (κ3) is 3.01. The number of nitrogens with two attached hydrogens (primary N) is 1. The van der Waals surface area contributed by atoms with Gasteiger partial charge in [-0.15, -0.1) is 0 Å². The molecule has 1 saturated heterocycles. The third-order valence-corrected chi connectivity index (χ3v) is 3.48. The molecule has 5 nitrogen and oxygen atoms in total. The van der Waals surface area contributed by atoms with Crippen LogP contribution in [0.1, 0.15) is 24.5 Å². The summed E-state index contributed by atoms with van der Waals surface area (Å²) in [6, 6.07) is 2.07. The summed E-state index contributed by atoms with van der Waals surface area (Å²) in [6.45, 7) is 5.09. The molecular formula is C13H18N4OS. The van der Waals surface area contributed by atoms with Gasteiger partial charge in [0.1, 0.15) is 10.8 Å². The van der Waals surface area contributed by atoms with E-state index in [1.807, 2.05) is 13.0 Å². The summed E-state index contributed by atoms with van der Waals surface area (Å²) < 4.78 is 0. The summed E-state index contributed by atoms with van der Waals surface area (Å²) in [7, 11) is 0. The largest absolute Gasteiger partial charge is 0.389 e. The summed E-state index contributed by atoms with van der Waals surface area (Å²) in [5.41, 5.74) is 7.66.